The van der Waals surface area contributed by atoms with E-state index in [1.165, 1.54) is 0 Å². The van der Waals surface area contributed by atoms with Gasteiger partial charge in [-0.1, -0.05) is 19.6 Å². The molecule has 54 valence electrons. The quantitative estimate of drug-likeness (QED) is 0.368. The van der Waals surface area contributed by atoms with Crippen molar-refractivity contribution >= 4 is 12.6 Å². The summed E-state index contributed by atoms with van der Waals surface area (Å²) < 4.78 is 0.836. The third-order valence-electron chi connectivity index (χ3n) is 1.37. The summed E-state index contributed by atoms with van der Waals surface area (Å²) in [5.41, 5.74) is 0.757. The zero-order valence-corrected chi connectivity index (χ0v) is 6.64. The lowest BCUT2D eigenvalue weighted by Gasteiger charge is -2.02. The summed E-state index contributed by atoms with van der Waals surface area (Å²) in [6.07, 6.45) is 0.748. The van der Waals surface area contributed by atoms with Gasteiger partial charge in [0.05, 0.1) is 0 Å². The van der Waals surface area contributed by atoms with E-state index in [0.29, 0.717) is 5.03 Å². The molecular formula is C7H9NOS. The predicted molar refractivity (Wildman–Crippen MR) is 42.0 cm³/mol. The molecule has 1 heterocycles. The van der Waals surface area contributed by atoms with Gasteiger partial charge >= 0.3 is 0 Å². The topological polar surface area (TPSA) is 26.9 Å². The minimum Gasteiger partial charge on any atom is -0.618 e. The molecule has 0 aromatic carbocycles. The van der Waals surface area contributed by atoms with Crippen molar-refractivity contribution in [1.29, 1.82) is 0 Å². The van der Waals surface area contributed by atoms with Crippen LogP contribution in [-0.2, 0) is 6.42 Å². The zero-order chi connectivity index (χ0) is 7.56. The molecule has 1 aromatic rings. The van der Waals surface area contributed by atoms with Crippen LogP contribution in [0.15, 0.2) is 23.2 Å². The largest absolute Gasteiger partial charge is 0.618 e. The van der Waals surface area contributed by atoms with Crippen molar-refractivity contribution in [3.63, 3.8) is 0 Å². The predicted octanol–water partition coefficient (Wildman–Crippen LogP) is 1.17. The van der Waals surface area contributed by atoms with Crippen molar-refractivity contribution in [3.8, 4) is 0 Å². The van der Waals surface area contributed by atoms with E-state index in [0.717, 1.165) is 16.8 Å². The number of pyridine rings is 1. The van der Waals surface area contributed by atoms with Crippen LogP contribution in [-0.4, -0.2) is 0 Å². The second-order valence-corrected chi connectivity index (χ2v) is 2.48. The van der Waals surface area contributed by atoms with E-state index in [2.05, 4.69) is 12.6 Å². The normalized spacial score (nSPS) is 9.80. The maximum atomic E-state index is 11.0. The van der Waals surface area contributed by atoms with Crippen LogP contribution >= 0.6 is 12.6 Å². The third kappa shape index (κ3) is 1.24. The molecule has 0 amide bonds. The van der Waals surface area contributed by atoms with Gasteiger partial charge in [0, 0.05) is 18.6 Å². The van der Waals surface area contributed by atoms with Gasteiger partial charge in [-0.3, -0.25) is 0 Å². The summed E-state index contributed by atoms with van der Waals surface area (Å²) in [6, 6.07) is 5.30. The first-order valence-electron chi connectivity index (χ1n) is 3.16. The van der Waals surface area contributed by atoms with Crippen LogP contribution in [0.3, 0.4) is 0 Å². The second-order valence-electron chi connectivity index (χ2n) is 2.02. The number of aryl methyl sites for hydroxylation is 1. The van der Waals surface area contributed by atoms with Crippen LogP contribution in [0.4, 0.5) is 0 Å². The molecular weight excluding hydrogens is 146 g/mol. The Morgan fingerprint density at radius 2 is 2.30 bits per heavy atom. The van der Waals surface area contributed by atoms with Crippen LogP contribution < -0.4 is 4.73 Å². The lowest BCUT2D eigenvalue weighted by Crippen LogP contribution is -2.33. The molecule has 0 bridgehead atoms. The zero-order valence-electron chi connectivity index (χ0n) is 5.74. The summed E-state index contributed by atoms with van der Waals surface area (Å²) in [4.78, 5) is 0. The van der Waals surface area contributed by atoms with Crippen LogP contribution in [0.5, 0.6) is 0 Å². The van der Waals surface area contributed by atoms with Crippen LogP contribution in [0.1, 0.15) is 12.6 Å². The minimum absolute atomic E-state index is 0.458. The molecule has 1 aromatic heterocycles. The van der Waals surface area contributed by atoms with E-state index < -0.39 is 0 Å². The highest BCUT2D eigenvalue weighted by molar-refractivity contribution is 7.80. The van der Waals surface area contributed by atoms with Gasteiger partial charge in [-0.2, -0.15) is 4.73 Å². The highest BCUT2D eigenvalue weighted by Crippen LogP contribution is 2.00. The molecule has 2 nitrogen and oxygen atoms in total. The Labute approximate surface area is 65.5 Å². The van der Waals surface area contributed by atoms with Crippen LogP contribution in [0, 0.1) is 5.21 Å². The molecule has 0 spiro atoms. The van der Waals surface area contributed by atoms with Crippen molar-refractivity contribution in [2.45, 2.75) is 18.4 Å². The van der Waals surface area contributed by atoms with Gasteiger partial charge in [0.1, 0.15) is 0 Å². The van der Waals surface area contributed by atoms with Gasteiger partial charge in [0.2, 0.25) is 5.03 Å². The lowest BCUT2D eigenvalue weighted by atomic mass is 10.3. The number of hydrogen-bond acceptors (Lipinski definition) is 2. The number of nitrogens with zero attached hydrogens (tertiary/aromatic N) is 1. The van der Waals surface area contributed by atoms with Crippen molar-refractivity contribution in [1.82, 2.24) is 0 Å². The summed E-state index contributed by atoms with van der Waals surface area (Å²) in [6.45, 7) is 1.94. The summed E-state index contributed by atoms with van der Waals surface area (Å²) >= 11 is 3.97. The van der Waals surface area contributed by atoms with Gasteiger partial charge in [0.25, 0.3) is 0 Å². The fraction of sp³-hybridized carbons (Fsp3) is 0.286. The molecule has 1 rings (SSSR count). The maximum absolute atomic E-state index is 11.0. The summed E-state index contributed by atoms with van der Waals surface area (Å²) in [5, 5.41) is 11.5. The van der Waals surface area contributed by atoms with E-state index in [9.17, 15) is 5.21 Å². The molecule has 0 saturated heterocycles. The first-order chi connectivity index (χ1) is 4.75. The number of rotatable bonds is 1. The van der Waals surface area contributed by atoms with Crippen molar-refractivity contribution in [3.05, 3.63) is 29.1 Å². The molecule has 0 aliphatic rings. The Hall–Kier alpha value is -0.700. The second kappa shape index (κ2) is 2.92. The molecule has 0 atom stereocenters. The molecule has 0 unspecified atom stereocenters. The first-order valence-corrected chi connectivity index (χ1v) is 3.61. The number of thiol groups is 1. The molecule has 0 N–H and O–H groups in total. The molecule has 0 aliphatic heterocycles. The Morgan fingerprint density at radius 1 is 1.60 bits per heavy atom. The Bertz CT molecular complexity index is 237. The molecule has 0 aliphatic carbocycles. The summed E-state index contributed by atoms with van der Waals surface area (Å²) in [7, 11) is 0. The molecule has 10 heavy (non-hydrogen) atoms. The number of aromatic nitrogens is 1. The van der Waals surface area contributed by atoms with Crippen molar-refractivity contribution < 1.29 is 4.73 Å². The maximum Gasteiger partial charge on any atom is 0.248 e. The van der Waals surface area contributed by atoms with E-state index in [1.54, 1.807) is 12.1 Å². The SMILES string of the molecule is CCc1cccc(S)[n+]1[O-]. The average Bonchev–Trinajstić information content (AvgIpc) is 1.95. The van der Waals surface area contributed by atoms with Gasteiger partial charge in [-0.25, -0.2) is 0 Å². The average molecular weight is 155 g/mol. The Morgan fingerprint density at radius 3 is 2.80 bits per heavy atom. The minimum atomic E-state index is 0.458. The fourth-order valence-electron chi connectivity index (χ4n) is 0.789. The monoisotopic (exact) mass is 155 g/mol. The third-order valence-corrected chi connectivity index (χ3v) is 1.70. The van der Waals surface area contributed by atoms with E-state index >= 15 is 0 Å². The fourth-order valence-corrected chi connectivity index (χ4v) is 1.00. The van der Waals surface area contributed by atoms with Crippen molar-refractivity contribution in [2.24, 2.45) is 0 Å². The van der Waals surface area contributed by atoms with Gasteiger partial charge in [0.15, 0.2) is 5.69 Å². The molecule has 0 saturated carbocycles. The van der Waals surface area contributed by atoms with E-state index in [-0.39, 0.29) is 0 Å². The van der Waals surface area contributed by atoms with Gasteiger partial charge < -0.3 is 5.21 Å². The highest BCUT2D eigenvalue weighted by Gasteiger charge is 2.03. The number of hydrogen-bond donors (Lipinski definition) is 1. The summed E-state index contributed by atoms with van der Waals surface area (Å²) in [5.74, 6) is 0. The van der Waals surface area contributed by atoms with Crippen LogP contribution in [0.25, 0.3) is 0 Å². The van der Waals surface area contributed by atoms with Gasteiger partial charge in [-0.15, -0.1) is 0 Å². The smallest absolute Gasteiger partial charge is 0.248 e. The Balaban J connectivity index is 3.14. The molecule has 0 fully saturated rings. The molecule has 3 heteroatoms. The van der Waals surface area contributed by atoms with Crippen LogP contribution in [0.2, 0.25) is 0 Å². The van der Waals surface area contributed by atoms with E-state index in [1.807, 2.05) is 13.0 Å². The van der Waals surface area contributed by atoms with Crippen molar-refractivity contribution in [2.75, 3.05) is 0 Å². The van der Waals surface area contributed by atoms with E-state index in [4.69, 9.17) is 0 Å². The highest BCUT2D eigenvalue weighted by atomic mass is 32.1. The standard InChI is InChI=1S/C7H9NOS/c1-2-6-4-3-5-7(10)8(6)9/h3-5,10H,2H2,1H3. The molecule has 0 radical (unpaired) electrons. The van der Waals surface area contributed by atoms with Gasteiger partial charge in [-0.05, 0) is 6.07 Å². The first kappa shape index (κ1) is 7.41. The lowest BCUT2D eigenvalue weighted by molar-refractivity contribution is -0.653. The Kier molecular flexibility index (Phi) is 2.17.